The van der Waals surface area contributed by atoms with E-state index in [4.69, 9.17) is 17.3 Å². The zero-order chi connectivity index (χ0) is 12.4. The zero-order valence-corrected chi connectivity index (χ0v) is 10.8. The Balaban J connectivity index is 2.36. The molecule has 0 aliphatic carbocycles. The van der Waals surface area contributed by atoms with Gasteiger partial charge in [-0.25, -0.2) is 4.68 Å². The Morgan fingerprint density at radius 2 is 2.12 bits per heavy atom. The molecule has 17 heavy (non-hydrogen) atoms. The molecule has 0 saturated heterocycles. The van der Waals surface area contributed by atoms with Crippen LogP contribution in [0.4, 0.5) is 0 Å². The minimum absolute atomic E-state index is 0.426. The number of rotatable bonds is 3. The van der Waals surface area contributed by atoms with Crippen LogP contribution in [-0.2, 0) is 6.54 Å². The van der Waals surface area contributed by atoms with Crippen LogP contribution in [-0.4, -0.2) is 9.78 Å². The second kappa shape index (κ2) is 4.90. The highest BCUT2D eigenvalue weighted by atomic mass is 35.5. The standard InChI is InChI=1S/C13H16ClN3/c1-9(2)13-5-6-17(16-13)11-4-3-10(8-15)12(14)7-11/h3-7,9H,8,15H2,1-2H3. The van der Waals surface area contributed by atoms with Crippen molar-refractivity contribution in [3.05, 3.63) is 46.7 Å². The van der Waals surface area contributed by atoms with Gasteiger partial charge in [0.2, 0.25) is 0 Å². The van der Waals surface area contributed by atoms with Gasteiger partial charge in [-0.3, -0.25) is 0 Å². The number of nitrogens with two attached hydrogens (primary N) is 1. The maximum Gasteiger partial charge on any atom is 0.0660 e. The van der Waals surface area contributed by atoms with E-state index in [1.54, 1.807) is 0 Å². The van der Waals surface area contributed by atoms with E-state index in [9.17, 15) is 0 Å². The molecule has 0 radical (unpaired) electrons. The minimum atomic E-state index is 0.426. The summed E-state index contributed by atoms with van der Waals surface area (Å²) >= 11 is 6.13. The van der Waals surface area contributed by atoms with E-state index in [1.165, 1.54) is 0 Å². The van der Waals surface area contributed by atoms with Crippen molar-refractivity contribution in [3.8, 4) is 5.69 Å². The first-order valence-corrected chi connectivity index (χ1v) is 6.04. The van der Waals surface area contributed by atoms with Crippen molar-refractivity contribution in [3.63, 3.8) is 0 Å². The second-order valence-corrected chi connectivity index (χ2v) is 4.73. The summed E-state index contributed by atoms with van der Waals surface area (Å²) in [4.78, 5) is 0. The highest BCUT2D eigenvalue weighted by Gasteiger charge is 2.06. The molecule has 0 aliphatic heterocycles. The number of nitrogens with zero attached hydrogens (tertiary/aromatic N) is 2. The molecule has 2 aromatic rings. The lowest BCUT2D eigenvalue weighted by atomic mass is 10.1. The molecule has 1 heterocycles. The molecule has 0 fully saturated rings. The van der Waals surface area contributed by atoms with Gasteiger partial charge in [-0.05, 0) is 29.7 Å². The quantitative estimate of drug-likeness (QED) is 0.908. The number of halogens is 1. The predicted octanol–water partition coefficient (Wildman–Crippen LogP) is 3.11. The topological polar surface area (TPSA) is 43.8 Å². The highest BCUT2D eigenvalue weighted by Crippen LogP contribution is 2.20. The molecule has 0 amide bonds. The maximum atomic E-state index is 6.13. The summed E-state index contributed by atoms with van der Waals surface area (Å²) in [5, 5.41) is 5.19. The lowest BCUT2D eigenvalue weighted by Crippen LogP contribution is -2.00. The van der Waals surface area contributed by atoms with Gasteiger partial charge in [-0.1, -0.05) is 31.5 Å². The Labute approximate surface area is 106 Å². The zero-order valence-electron chi connectivity index (χ0n) is 10.0. The average Bonchev–Trinajstić information content (AvgIpc) is 2.78. The van der Waals surface area contributed by atoms with Gasteiger partial charge in [-0.15, -0.1) is 0 Å². The van der Waals surface area contributed by atoms with Crippen LogP contribution in [0.25, 0.3) is 5.69 Å². The largest absolute Gasteiger partial charge is 0.326 e. The summed E-state index contributed by atoms with van der Waals surface area (Å²) in [7, 11) is 0. The molecule has 2 N–H and O–H groups in total. The number of benzene rings is 1. The van der Waals surface area contributed by atoms with Gasteiger partial charge in [0.05, 0.1) is 11.4 Å². The number of aromatic nitrogens is 2. The Kier molecular flexibility index (Phi) is 3.50. The van der Waals surface area contributed by atoms with Crippen molar-refractivity contribution in [1.29, 1.82) is 0 Å². The van der Waals surface area contributed by atoms with Crippen LogP contribution in [0.2, 0.25) is 5.02 Å². The molecule has 0 bridgehead atoms. The summed E-state index contributed by atoms with van der Waals surface area (Å²) in [5.41, 5.74) is 8.56. The molecular formula is C13H16ClN3. The van der Waals surface area contributed by atoms with Gasteiger partial charge in [0.15, 0.2) is 0 Å². The van der Waals surface area contributed by atoms with Crippen molar-refractivity contribution in [1.82, 2.24) is 9.78 Å². The summed E-state index contributed by atoms with van der Waals surface area (Å²) in [6.45, 7) is 4.70. The van der Waals surface area contributed by atoms with E-state index >= 15 is 0 Å². The van der Waals surface area contributed by atoms with Crippen LogP contribution >= 0.6 is 11.6 Å². The van der Waals surface area contributed by atoms with E-state index in [-0.39, 0.29) is 0 Å². The Morgan fingerprint density at radius 3 is 2.65 bits per heavy atom. The van der Waals surface area contributed by atoms with E-state index < -0.39 is 0 Å². The lowest BCUT2D eigenvalue weighted by Gasteiger charge is -2.06. The normalized spacial score (nSPS) is 11.1. The molecule has 0 unspecified atom stereocenters. The fraction of sp³-hybridized carbons (Fsp3) is 0.308. The molecule has 4 heteroatoms. The molecule has 0 spiro atoms. The Hall–Kier alpha value is -1.32. The van der Waals surface area contributed by atoms with Crippen molar-refractivity contribution in [2.45, 2.75) is 26.3 Å². The first-order chi connectivity index (χ1) is 8.11. The molecule has 0 atom stereocenters. The SMILES string of the molecule is CC(C)c1ccn(-c2ccc(CN)c(Cl)c2)n1. The van der Waals surface area contributed by atoms with Crippen LogP contribution in [0.15, 0.2) is 30.5 Å². The van der Waals surface area contributed by atoms with Crippen LogP contribution in [0, 0.1) is 0 Å². The Bertz CT molecular complexity index is 517. The van der Waals surface area contributed by atoms with E-state index in [0.29, 0.717) is 17.5 Å². The highest BCUT2D eigenvalue weighted by molar-refractivity contribution is 6.31. The third-order valence-electron chi connectivity index (χ3n) is 2.72. The third kappa shape index (κ3) is 2.51. The Morgan fingerprint density at radius 1 is 1.35 bits per heavy atom. The molecule has 0 aliphatic rings. The van der Waals surface area contributed by atoms with Gasteiger partial charge in [-0.2, -0.15) is 5.10 Å². The molecule has 0 saturated carbocycles. The summed E-state index contributed by atoms with van der Waals surface area (Å²) < 4.78 is 1.83. The van der Waals surface area contributed by atoms with Crippen molar-refractivity contribution in [2.24, 2.45) is 5.73 Å². The van der Waals surface area contributed by atoms with Crippen LogP contribution in [0.5, 0.6) is 0 Å². The van der Waals surface area contributed by atoms with Crippen LogP contribution < -0.4 is 5.73 Å². The van der Waals surface area contributed by atoms with Gasteiger partial charge >= 0.3 is 0 Å². The predicted molar refractivity (Wildman–Crippen MR) is 70.6 cm³/mol. The van der Waals surface area contributed by atoms with Gasteiger partial charge in [0, 0.05) is 17.8 Å². The average molecular weight is 250 g/mol. The molecule has 3 nitrogen and oxygen atoms in total. The van der Waals surface area contributed by atoms with Crippen molar-refractivity contribution in [2.75, 3.05) is 0 Å². The van der Waals surface area contributed by atoms with Gasteiger partial charge in [0.25, 0.3) is 0 Å². The summed E-state index contributed by atoms with van der Waals surface area (Å²) in [5.74, 6) is 0.426. The van der Waals surface area contributed by atoms with Crippen molar-refractivity contribution >= 4 is 11.6 Å². The first kappa shape index (κ1) is 12.1. The third-order valence-corrected chi connectivity index (χ3v) is 3.07. The minimum Gasteiger partial charge on any atom is -0.326 e. The van der Waals surface area contributed by atoms with Gasteiger partial charge < -0.3 is 5.73 Å². The second-order valence-electron chi connectivity index (χ2n) is 4.32. The fourth-order valence-electron chi connectivity index (χ4n) is 1.63. The van der Waals surface area contributed by atoms with Crippen LogP contribution in [0.1, 0.15) is 31.0 Å². The molecule has 90 valence electrons. The lowest BCUT2D eigenvalue weighted by molar-refractivity contribution is 0.768. The smallest absolute Gasteiger partial charge is 0.0660 e. The van der Waals surface area contributed by atoms with Crippen molar-refractivity contribution < 1.29 is 0 Å². The molecule has 1 aromatic carbocycles. The monoisotopic (exact) mass is 249 g/mol. The first-order valence-electron chi connectivity index (χ1n) is 5.66. The van der Waals surface area contributed by atoms with E-state index in [2.05, 4.69) is 18.9 Å². The molecule has 1 aromatic heterocycles. The molecular weight excluding hydrogens is 234 g/mol. The summed E-state index contributed by atoms with van der Waals surface area (Å²) in [6.07, 6.45) is 1.95. The van der Waals surface area contributed by atoms with Crippen LogP contribution in [0.3, 0.4) is 0 Å². The summed E-state index contributed by atoms with van der Waals surface area (Å²) in [6, 6.07) is 7.83. The van der Waals surface area contributed by atoms with Gasteiger partial charge in [0.1, 0.15) is 0 Å². The van der Waals surface area contributed by atoms with E-state index in [0.717, 1.165) is 16.9 Å². The van der Waals surface area contributed by atoms with E-state index in [1.807, 2.05) is 35.1 Å². The number of hydrogen-bond acceptors (Lipinski definition) is 2. The number of hydrogen-bond donors (Lipinski definition) is 1. The maximum absolute atomic E-state index is 6.13. The fourth-order valence-corrected chi connectivity index (χ4v) is 1.89. The molecule has 2 rings (SSSR count).